The number of methoxy groups -OCH3 is 1. The number of thiazole rings is 1. The molecule has 1 fully saturated rings. The summed E-state index contributed by atoms with van der Waals surface area (Å²) in [7, 11) is 1.27. The first-order valence-electron chi connectivity index (χ1n) is 10.9. The number of aryl methyl sites for hydroxylation is 1. The highest BCUT2D eigenvalue weighted by Crippen LogP contribution is 2.44. The minimum Gasteiger partial charge on any atom is -0.507 e. The van der Waals surface area contributed by atoms with Crippen LogP contribution < -0.4 is 4.90 Å². The number of hydrogen-bond acceptors (Lipinski definition) is 7. The molecule has 1 N–H and O–H groups in total. The van der Waals surface area contributed by atoms with E-state index in [1.807, 2.05) is 25.1 Å². The van der Waals surface area contributed by atoms with Crippen LogP contribution in [0, 0.1) is 12.7 Å². The van der Waals surface area contributed by atoms with E-state index >= 15 is 0 Å². The van der Waals surface area contributed by atoms with E-state index in [-0.39, 0.29) is 21.8 Å². The molecule has 1 atom stereocenters. The van der Waals surface area contributed by atoms with Gasteiger partial charge in [-0.1, -0.05) is 29.5 Å². The molecule has 1 amide bonds. The van der Waals surface area contributed by atoms with Crippen LogP contribution in [0.25, 0.3) is 16.0 Å². The number of fused-ring (bicyclic) bond motifs is 1. The van der Waals surface area contributed by atoms with Crippen LogP contribution in [-0.2, 0) is 14.3 Å². The number of ketones is 1. The predicted molar refractivity (Wildman–Crippen MR) is 133 cm³/mol. The van der Waals surface area contributed by atoms with Crippen LogP contribution in [0.4, 0.5) is 9.52 Å². The topological polar surface area (TPSA) is 96.8 Å². The van der Waals surface area contributed by atoms with E-state index < -0.39 is 35.3 Å². The number of ether oxygens (including phenoxy) is 1. The van der Waals surface area contributed by atoms with Gasteiger partial charge in [0.05, 0.1) is 34.5 Å². The Hall–Kier alpha value is -4.37. The normalized spacial score (nSPS) is 17.1. The van der Waals surface area contributed by atoms with Crippen molar-refractivity contribution in [2.24, 2.45) is 0 Å². The predicted octanol–water partition coefficient (Wildman–Crippen LogP) is 5.16. The molecule has 0 saturated carbocycles. The minimum absolute atomic E-state index is 0.159. The maximum atomic E-state index is 13.5. The summed E-state index contributed by atoms with van der Waals surface area (Å²) < 4.78 is 19.1. The second-order valence-electron chi connectivity index (χ2n) is 8.26. The zero-order valence-corrected chi connectivity index (χ0v) is 20.0. The van der Waals surface area contributed by atoms with E-state index in [0.29, 0.717) is 11.1 Å². The molecule has 1 aromatic heterocycles. The third-order valence-corrected chi connectivity index (χ3v) is 6.97. The molecule has 0 unspecified atom stereocenters. The Morgan fingerprint density at radius 1 is 1.03 bits per heavy atom. The summed E-state index contributed by atoms with van der Waals surface area (Å²) in [5.74, 6) is -3.23. The highest BCUT2D eigenvalue weighted by Gasteiger charge is 2.48. The number of aliphatic hydroxyl groups is 1. The molecule has 4 aromatic rings. The number of Topliss-reactive ketones (excluding diaryl/α,β-unsaturated/α-hetero) is 1. The van der Waals surface area contributed by atoms with Gasteiger partial charge >= 0.3 is 11.9 Å². The molecule has 3 aromatic carbocycles. The van der Waals surface area contributed by atoms with E-state index in [1.54, 1.807) is 12.1 Å². The number of anilines is 1. The van der Waals surface area contributed by atoms with Crippen LogP contribution in [0.1, 0.15) is 33.1 Å². The zero-order valence-electron chi connectivity index (χ0n) is 19.2. The van der Waals surface area contributed by atoms with Gasteiger partial charge < -0.3 is 9.84 Å². The standard InChI is InChI=1S/C27H19FN2O5S/c1-14-3-12-19-20(13-14)36-27(29-19)30-22(15-4-6-17(7-5-15)26(34)35-2)21(24(32)25(30)33)23(31)16-8-10-18(28)11-9-16/h3-13,22,31H,1-2H3/t22-/m1/s1. The first-order valence-corrected chi connectivity index (χ1v) is 11.7. The molecular weight excluding hydrogens is 483 g/mol. The van der Waals surface area contributed by atoms with Crippen molar-refractivity contribution in [2.45, 2.75) is 13.0 Å². The molecule has 1 saturated heterocycles. The fraction of sp³-hybridized carbons (Fsp3) is 0.111. The Morgan fingerprint density at radius 2 is 1.69 bits per heavy atom. The van der Waals surface area contributed by atoms with Crippen molar-refractivity contribution in [1.82, 2.24) is 4.98 Å². The number of esters is 1. The molecule has 2 heterocycles. The smallest absolute Gasteiger partial charge is 0.337 e. The first-order chi connectivity index (χ1) is 17.3. The summed E-state index contributed by atoms with van der Waals surface area (Å²) in [6, 6.07) is 15.8. The Labute approximate surface area is 209 Å². The molecule has 0 aliphatic carbocycles. The van der Waals surface area contributed by atoms with Crippen LogP contribution in [0.2, 0.25) is 0 Å². The van der Waals surface area contributed by atoms with Gasteiger partial charge in [0.15, 0.2) is 5.13 Å². The van der Waals surface area contributed by atoms with E-state index in [2.05, 4.69) is 4.98 Å². The number of amides is 1. The van der Waals surface area contributed by atoms with E-state index in [9.17, 15) is 23.9 Å². The number of halogens is 1. The highest BCUT2D eigenvalue weighted by atomic mass is 32.1. The van der Waals surface area contributed by atoms with Crippen molar-refractivity contribution in [3.8, 4) is 0 Å². The molecular formula is C27H19FN2O5S. The first kappa shape index (κ1) is 23.4. The van der Waals surface area contributed by atoms with Crippen LogP contribution in [0.3, 0.4) is 0 Å². The maximum Gasteiger partial charge on any atom is 0.337 e. The minimum atomic E-state index is -1.02. The summed E-state index contributed by atoms with van der Waals surface area (Å²) in [6.07, 6.45) is 0. The van der Waals surface area contributed by atoms with E-state index in [4.69, 9.17) is 4.74 Å². The maximum absolute atomic E-state index is 13.5. The number of carbonyl (C=O) groups excluding carboxylic acids is 3. The Balaban J connectivity index is 1.70. The van der Waals surface area contributed by atoms with Gasteiger partial charge in [-0.05, 0) is 66.6 Å². The number of rotatable bonds is 4. The Bertz CT molecular complexity index is 1560. The van der Waals surface area contributed by atoms with Gasteiger partial charge in [-0.3, -0.25) is 14.5 Å². The van der Waals surface area contributed by atoms with Gasteiger partial charge in [-0.2, -0.15) is 0 Å². The fourth-order valence-electron chi connectivity index (χ4n) is 4.15. The van der Waals surface area contributed by atoms with Crippen molar-refractivity contribution in [3.63, 3.8) is 0 Å². The van der Waals surface area contributed by atoms with E-state index in [1.165, 1.54) is 47.6 Å². The van der Waals surface area contributed by atoms with Crippen LogP contribution >= 0.6 is 11.3 Å². The number of hydrogen-bond donors (Lipinski definition) is 1. The highest BCUT2D eigenvalue weighted by molar-refractivity contribution is 7.22. The Kier molecular flexibility index (Phi) is 5.85. The number of nitrogens with zero attached hydrogens (tertiary/aromatic N) is 2. The van der Waals surface area contributed by atoms with Gasteiger partial charge in [0.25, 0.3) is 5.78 Å². The summed E-state index contributed by atoms with van der Waals surface area (Å²) in [4.78, 5) is 44.3. The number of carbonyl (C=O) groups is 3. The molecule has 0 bridgehead atoms. The van der Waals surface area contributed by atoms with E-state index in [0.717, 1.165) is 22.4 Å². The zero-order chi connectivity index (χ0) is 25.6. The summed E-state index contributed by atoms with van der Waals surface area (Å²) in [5.41, 5.74) is 2.47. The molecule has 180 valence electrons. The lowest BCUT2D eigenvalue weighted by molar-refractivity contribution is -0.132. The quantitative estimate of drug-likeness (QED) is 0.179. The second-order valence-corrected chi connectivity index (χ2v) is 9.27. The lowest BCUT2D eigenvalue weighted by atomic mass is 9.95. The van der Waals surface area contributed by atoms with Gasteiger partial charge in [-0.15, -0.1) is 0 Å². The van der Waals surface area contributed by atoms with Gasteiger partial charge in [0.2, 0.25) is 0 Å². The number of benzene rings is 3. The molecule has 0 spiro atoms. The third-order valence-electron chi connectivity index (χ3n) is 5.95. The lowest BCUT2D eigenvalue weighted by Crippen LogP contribution is -2.29. The number of aromatic nitrogens is 1. The second kappa shape index (κ2) is 9.01. The molecule has 0 radical (unpaired) electrons. The summed E-state index contributed by atoms with van der Waals surface area (Å²) in [5, 5.41) is 11.4. The van der Waals surface area contributed by atoms with Crippen molar-refractivity contribution in [3.05, 3.63) is 100 Å². The molecule has 5 rings (SSSR count). The fourth-order valence-corrected chi connectivity index (χ4v) is 5.24. The lowest BCUT2D eigenvalue weighted by Gasteiger charge is -2.23. The average Bonchev–Trinajstić information content (AvgIpc) is 3.41. The largest absolute Gasteiger partial charge is 0.507 e. The van der Waals surface area contributed by atoms with Crippen molar-refractivity contribution in [1.29, 1.82) is 0 Å². The van der Waals surface area contributed by atoms with Crippen LogP contribution in [0.5, 0.6) is 0 Å². The Morgan fingerprint density at radius 3 is 2.36 bits per heavy atom. The van der Waals surface area contributed by atoms with Crippen molar-refractivity contribution >= 4 is 50.1 Å². The summed E-state index contributed by atoms with van der Waals surface area (Å²) in [6.45, 7) is 1.94. The van der Waals surface area contributed by atoms with Crippen LogP contribution in [-0.4, -0.2) is 34.9 Å². The average molecular weight is 503 g/mol. The van der Waals surface area contributed by atoms with Gasteiger partial charge in [-0.25, -0.2) is 14.2 Å². The molecule has 9 heteroatoms. The monoisotopic (exact) mass is 502 g/mol. The van der Waals surface area contributed by atoms with Gasteiger partial charge in [0.1, 0.15) is 11.6 Å². The van der Waals surface area contributed by atoms with Crippen molar-refractivity contribution in [2.75, 3.05) is 12.0 Å². The molecule has 36 heavy (non-hydrogen) atoms. The van der Waals surface area contributed by atoms with Gasteiger partial charge in [0, 0.05) is 5.56 Å². The van der Waals surface area contributed by atoms with Crippen molar-refractivity contribution < 1.29 is 28.6 Å². The number of aliphatic hydroxyl groups excluding tert-OH is 1. The molecule has 1 aliphatic rings. The molecule has 7 nitrogen and oxygen atoms in total. The SMILES string of the molecule is COC(=O)c1ccc([C@@H]2C(=C(O)c3ccc(F)cc3)C(=O)C(=O)N2c2nc3ccc(C)cc3s2)cc1. The molecule has 1 aliphatic heterocycles. The third kappa shape index (κ3) is 3.93. The van der Waals surface area contributed by atoms with Crippen LogP contribution in [0.15, 0.2) is 72.3 Å². The summed E-state index contributed by atoms with van der Waals surface area (Å²) >= 11 is 1.25.